The van der Waals surface area contributed by atoms with Gasteiger partial charge in [-0.25, -0.2) is 0 Å². The zero-order chi connectivity index (χ0) is 19.8. The van der Waals surface area contributed by atoms with E-state index in [1.807, 2.05) is 67.5 Å². The van der Waals surface area contributed by atoms with Crippen LogP contribution in [0.2, 0.25) is 0 Å². The minimum Gasteiger partial charge on any atom is -0.454 e. The standard InChI is InChI=1S/C19H28B2O6/c1-16(2)17(3,4)25-20(24-16)12-9-10-13(15-14(12)22-11-23-15)21-26-18(5,6)19(7,8)27-21/h9-10H,11H2,1-8H3. The number of ether oxygens (including phenoxy) is 2. The molecule has 6 nitrogen and oxygen atoms in total. The van der Waals surface area contributed by atoms with Crippen LogP contribution < -0.4 is 20.4 Å². The summed E-state index contributed by atoms with van der Waals surface area (Å²) in [5.41, 5.74) is -0.0474. The third-order valence-electron chi connectivity index (χ3n) is 6.59. The van der Waals surface area contributed by atoms with Gasteiger partial charge in [0.2, 0.25) is 6.79 Å². The highest BCUT2D eigenvalue weighted by atomic mass is 16.7. The topological polar surface area (TPSA) is 55.4 Å². The zero-order valence-electron chi connectivity index (χ0n) is 17.5. The second kappa shape index (κ2) is 5.66. The molecule has 8 heteroatoms. The normalized spacial score (nSPS) is 26.7. The van der Waals surface area contributed by atoms with Crippen LogP contribution in [0, 0.1) is 0 Å². The van der Waals surface area contributed by atoms with Gasteiger partial charge in [0.25, 0.3) is 0 Å². The molecule has 3 aliphatic rings. The van der Waals surface area contributed by atoms with E-state index in [2.05, 4.69) is 0 Å². The lowest BCUT2D eigenvalue weighted by atomic mass is 9.72. The van der Waals surface area contributed by atoms with E-state index in [-0.39, 0.29) is 6.79 Å². The zero-order valence-corrected chi connectivity index (χ0v) is 17.5. The summed E-state index contributed by atoms with van der Waals surface area (Å²) in [4.78, 5) is 0. The van der Waals surface area contributed by atoms with Crippen molar-refractivity contribution in [2.45, 2.75) is 77.8 Å². The summed E-state index contributed by atoms with van der Waals surface area (Å²) in [6.45, 7) is 16.4. The smallest absolute Gasteiger partial charge is 0.454 e. The molecule has 2 saturated heterocycles. The molecule has 1 aromatic rings. The van der Waals surface area contributed by atoms with Crippen LogP contribution >= 0.6 is 0 Å². The van der Waals surface area contributed by atoms with Crippen molar-refractivity contribution in [1.82, 2.24) is 0 Å². The van der Waals surface area contributed by atoms with E-state index in [0.717, 1.165) is 10.9 Å². The van der Waals surface area contributed by atoms with Gasteiger partial charge in [0.15, 0.2) is 11.5 Å². The Labute approximate surface area is 162 Å². The summed E-state index contributed by atoms with van der Waals surface area (Å²) in [6, 6.07) is 3.91. The Morgan fingerprint density at radius 2 is 0.889 bits per heavy atom. The molecule has 3 heterocycles. The summed E-state index contributed by atoms with van der Waals surface area (Å²) in [7, 11) is -1.03. The van der Waals surface area contributed by atoms with E-state index in [1.165, 1.54) is 0 Å². The molecule has 0 radical (unpaired) electrons. The summed E-state index contributed by atoms with van der Waals surface area (Å²) in [5.74, 6) is 1.28. The molecule has 0 atom stereocenters. The van der Waals surface area contributed by atoms with Gasteiger partial charge in [-0.05, 0) is 55.4 Å². The van der Waals surface area contributed by atoms with Crippen molar-refractivity contribution < 1.29 is 28.1 Å². The van der Waals surface area contributed by atoms with Crippen LogP contribution in [0.5, 0.6) is 11.5 Å². The second-order valence-electron chi connectivity index (χ2n) is 9.49. The highest BCUT2D eigenvalue weighted by Gasteiger charge is 2.55. The molecular weight excluding hydrogens is 346 g/mol. The van der Waals surface area contributed by atoms with Gasteiger partial charge in [-0.3, -0.25) is 0 Å². The molecule has 27 heavy (non-hydrogen) atoms. The van der Waals surface area contributed by atoms with Gasteiger partial charge < -0.3 is 28.1 Å². The summed E-state index contributed by atoms with van der Waals surface area (Å²) >= 11 is 0. The van der Waals surface area contributed by atoms with E-state index < -0.39 is 36.6 Å². The highest BCUT2D eigenvalue weighted by Crippen LogP contribution is 2.41. The summed E-state index contributed by atoms with van der Waals surface area (Å²) in [5, 5.41) is 0. The predicted molar refractivity (Wildman–Crippen MR) is 104 cm³/mol. The third kappa shape index (κ3) is 2.80. The van der Waals surface area contributed by atoms with E-state index in [1.54, 1.807) is 0 Å². The highest BCUT2D eigenvalue weighted by molar-refractivity contribution is 6.66. The molecule has 2 fully saturated rings. The Bertz CT molecular complexity index is 679. The Morgan fingerprint density at radius 3 is 1.19 bits per heavy atom. The van der Waals surface area contributed by atoms with Crippen molar-refractivity contribution in [3.05, 3.63) is 12.1 Å². The molecule has 0 amide bonds. The fourth-order valence-electron chi connectivity index (χ4n) is 3.35. The molecule has 0 N–H and O–H groups in total. The number of hydrogen-bond acceptors (Lipinski definition) is 6. The molecule has 1 aromatic carbocycles. The van der Waals surface area contributed by atoms with E-state index in [9.17, 15) is 0 Å². The summed E-state index contributed by atoms with van der Waals surface area (Å²) in [6.07, 6.45) is 0. The van der Waals surface area contributed by atoms with Crippen molar-refractivity contribution >= 4 is 25.2 Å². The first-order chi connectivity index (χ1) is 12.3. The minimum atomic E-state index is -0.516. The largest absolute Gasteiger partial charge is 0.498 e. The molecule has 146 valence electrons. The van der Waals surface area contributed by atoms with Crippen LogP contribution in [0.4, 0.5) is 0 Å². The average Bonchev–Trinajstić information content (AvgIpc) is 3.13. The monoisotopic (exact) mass is 374 g/mol. The van der Waals surface area contributed by atoms with Crippen molar-refractivity contribution in [3.63, 3.8) is 0 Å². The second-order valence-corrected chi connectivity index (χ2v) is 9.49. The molecule has 0 aromatic heterocycles. The molecular formula is C19H28B2O6. The van der Waals surface area contributed by atoms with Crippen molar-refractivity contribution in [2.24, 2.45) is 0 Å². The molecule has 0 spiro atoms. The molecule has 0 unspecified atom stereocenters. The van der Waals surface area contributed by atoms with Crippen LogP contribution in [0.3, 0.4) is 0 Å². The van der Waals surface area contributed by atoms with Gasteiger partial charge >= 0.3 is 14.2 Å². The van der Waals surface area contributed by atoms with Crippen LogP contribution in [0.25, 0.3) is 0 Å². The Hall–Kier alpha value is -1.21. The van der Waals surface area contributed by atoms with Gasteiger partial charge in [0.1, 0.15) is 0 Å². The number of fused-ring (bicyclic) bond motifs is 1. The van der Waals surface area contributed by atoms with Crippen LogP contribution in [0.1, 0.15) is 55.4 Å². The fourth-order valence-corrected chi connectivity index (χ4v) is 3.35. The molecule has 4 rings (SSSR count). The fraction of sp³-hybridized carbons (Fsp3) is 0.684. The SMILES string of the molecule is CC1(C)OB(c2ccc(B3OC(C)(C)C(C)(C)O3)c3c2OCO3)OC1(C)C. The van der Waals surface area contributed by atoms with E-state index in [4.69, 9.17) is 28.1 Å². The maximum atomic E-state index is 6.19. The van der Waals surface area contributed by atoms with Crippen LogP contribution in [0.15, 0.2) is 12.1 Å². The maximum absolute atomic E-state index is 6.19. The lowest BCUT2D eigenvalue weighted by Crippen LogP contribution is -2.41. The third-order valence-corrected chi connectivity index (χ3v) is 6.59. The molecule has 0 bridgehead atoms. The number of rotatable bonds is 2. The first-order valence-electron chi connectivity index (χ1n) is 9.48. The summed E-state index contributed by atoms with van der Waals surface area (Å²) < 4.78 is 36.3. The first-order valence-corrected chi connectivity index (χ1v) is 9.48. The average molecular weight is 374 g/mol. The molecule has 3 aliphatic heterocycles. The minimum absolute atomic E-state index is 0.151. The van der Waals surface area contributed by atoms with Crippen molar-refractivity contribution in [2.75, 3.05) is 6.79 Å². The molecule has 0 saturated carbocycles. The lowest BCUT2D eigenvalue weighted by Gasteiger charge is -2.32. The Morgan fingerprint density at radius 1 is 0.593 bits per heavy atom. The van der Waals surface area contributed by atoms with Gasteiger partial charge in [-0.1, -0.05) is 12.1 Å². The van der Waals surface area contributed by atoms with Gasteiger partial charge in [0, 0.05) is 10.9 Å². The van der Waals surface area contributed by atoms with Gasteiger partial charge in [-0.15, -0.1) is 0 Å². The molecule has 0 aliphatic carbocycles. The Kier molecular flexibility index (Phi) is 4.01. The quantitative estimate of drug-likeness (QED) is 0.739. The van der Waals surface area contributed by atoms with E-state index in [0.29, 0.717) is 11.5 Å². The predicted octanol–water partition coefficient (Wildman–Crippen LogP) is 2.01. The first kappa shape index (κ1) is 19.1. The number of benzene rings is 1. The Balaban J connectivity index is 1.69. The van der Waals surface area contributed by atoms with Gasteiger partial charge in [0.05, 0.1) is 22.4 Å². The van der Waals surface area contributed by atoms with Crippen molar-refractivity contribution in [3.8, 4) is 11.5 Å². The lowest BCUT2D eigenvalue weighted by molar-refractivity contribution is 0.00578. The van der Waals surface area contributed by atoms with Gasteiger partial charge in [-0.2, -0.15) is 0 Å². The van der Waals surface area contributed by atoms with Crippen LogP contribution in [-0.4, -0.2) is 43.4 Å². The van der Waals surface area contributed by atoms with Crippen LogP contribution in [-0.2, 0) is 18.6 Å². The van der Waals surface area contributed by atoms with Crippen molar-refractivity contribution in [1.29, 1.82) is 0 Å². The maximum Gasteiger partial charge on any atom is 0.498 e. The number of hydrogen-bond donors (Lipinski definition) is 0. The van der Waals surface area contributed by atoms with E-state index >= 15 is 0 Å².